The van der Waals surface area contributed by atoms with Gasteiger partial charge in [0.2, 0.25) is 0 Å². The number of rotatable bonds is 15. The Morgan fingerprint density at radius 3 is 2.64 bits per heavy atom. The minimum atomic E-state index is -4.28. The molecule has 1 fully saturated rings. The molecule has 1 aromatic heterocycles. The zero-order valence-corrected chi connectivity index (χ0v) is 29.4. The van der Waals surface area contributed by atoms with E-state index in [1.807, 2.05) is 30.3 Å². The van der Waals surface area contributed by atoms with Crippen molar-refractivity contribution in [3.8, 4) is 16.9 Å². The fourth-order valence-electron chi connectivity index (χ4n) is 6.23. The minimum Gasteiger partial charge on any atom is -0.492 e. The number of aliphatic imine (C=N–C) groups is 1. The lowest BCUT2D eigenvalue weighted by Crippen LogP contribution is -2.40. The van der Waals surface area contributed by atoms with Crippen LogP contribution in [-0.4, -0.2) is 81.6 Å². The van der Waals surface area contributed by atoms with E-state index in [4.69, 9.17) is 20.9 Å². The Morgan fingerprint density at radius 1 is 1.16 bits per heavy atom. The highest BCUT2D eigenvalue weighted by Crippen LogP contribution is 2.40. The number of methoxy groups -OCH3 is 1. The van der Waals surface area contributed by atoms with Crippen molar-refractivity contribution in [2.24, 2.45) is 22.4 Å². The van der Waals surface area contributed by atoms with Crippen LogP contribution >= 0.6 is 11.3 Å². The van der Waals surface area contributed by atoms with Gasteiger partial charge in [0.05, 0.1) is 19.4 Å². The van der Waals surface area contributed by atoms with Crippen LogP contribution in [0.4, 0.5) is 5.69 Å². The molecule has 14 nitrogen and oxygen atoms in total. The number of fused-ring (bicyclic) bond motifs is 1. The van der Waals surface area contributed by atoms with Crippen molar-refractivity contribution in [3.63, 3.8) is 0 Å². The summed E-state index contributed by atoms with van der Waals surface area (Å²) in [5.41, 5.74) is 14.1. The van der Waals surface area contributed by atoms with Crippen molar-refractivity contribution >= 4 is 50.9 Å². The van der Waals surface area contributed by atoms with Gasteiger partial charge in [0.1, 0.15) is 21.6 Å². The number of esters is 1. The summed E-state index contributed by atoms with van der Waals surface area (Å²) in [4.78, 5) is 42.9. The molecule has 50 heavy (non-hydrogen) atoms. The lowest BCUT2D eigenvalue weighted by molar-refractivity contribution is -0.142. The lowest BCUT2D eigenvalue weighted by atomic mass is 9.92. The van der Waals surface area contributed by atoms with Crippen LogP contribution in [-0.2, 0) is 37.3 Å². The Kier molecular flexibility index (Phi) is 12.0. The molecule has 0 aliphatic carbocycles. The second-order valence-electron chi connectivity index (χ2n) is 12.3. The van der Waals surface area contributed by atoms with Gasteiger partial charge in [-0.2, -0.15) is 0 Å². The number of nitrogens with two attached hydrogens (primary N) is 2. The number of hydrogen-bond acceptors (Lipinski definition) is 10. The topological polar surface area (TPSA) is 216 Å². The third-order valence-electron chi connectivity index (χ3n) is 8.82. The van der Waals surface area contributed by atoms with E-state index in [2.05, 4.69) is 19.9 Å². The summed E-state index contributed by atoms with van der Waals surface area (Å²) in [6.07, 6.45) is 3.11. The summed E-state index contributed by atoms with van der Waals surface area (Å²) in [7, 11) is -2.87. The van der Waals surface area contributed by atoms with Gasteiger partial charge in [0.15, 0.2) is 5.96 Å². The molecule has 0 radical (unpaired) electrons. The van der Waals surface area contributed by atoms with Crippen molar-refractivity contribution in [1.29, 1.82) is 0 Å². The molecule has 3 aromatic rings. The zero-order chi connectivity index (χ0) is 35.8. The number of nitrogens with zero attached hydrogens (tertiary/aromatic N) is 2. The average molecular weight is 727 g/mol. The smallest absolute Gasteiger partial charge is 0.326 e. The normalized spacial score (nSPS) is 15.4. The maximum Gasteiger partial charge on any atom is 0.326 e. The molecule has 268 valence electrons. The van der Waals surface area contributed by atoms with E-state index in [-0.39, 0.29) is 46.1 Å². The van der Waals surface area contributed by atoms with Crippen LogP contribution in [0.3, 0.4) is 0 Å². The van der Waals surface area contributed by atoms with Gasteiger partial charge in [-0.1, -0.05) is 24.3 Å². The molecule has 2 aliphatic rings. The highest BCUT2D eigenvalue weighted by atomic mass is 32.2. The summed E-state index contributed by atoms with van der Waals surface area (Å²) >= 11 is 0.982. The summed E-state index contributed by atoms with van der Waals surface area (Å²) in [6, 6.07) is 11.7. The van der Waals surface area contributed by atoms with E-state index >= 15 is 0 Å². The fourth-order valence-corrected chi connectivity index (χ4v) is 8.33. The molecular weight excluding hydrogens is 685 g/mol. The minimum absolute atomic E-state index is 0.0125. The van der Waals surface area contributed by atoms with Gasteiger partial charge in [-0.05, 0) is 90.5 Å². The van der Waals surface area contributed by atoms with Crippen molar-refractivity contribution in [2.45, 2.75) is 56.0 Å². The predicted molar refractivity (Wildman–Crippen MR) is 190 cm³/mol. The van der Waals surface area contributed by atoms with Gasteiger partial charge in [-0.25, -0.2) is 13.2 Å². The number of likely N-dealkylation sites (tertiary alicyclic amines) is 1. The first-order chi connectivity index (χ1) is 23.9. The number of carboxylic acids is 1. The van der Waals surface area contributed by atoms with E-state index in [0.717, 1.165) is 59.5 Å². The molecule has 16 heteroatoms. The molecule has 1 saturated heterocycles. The SMILES string of the molecule is COC(=O)CC1CCN(Cc2ccccc2-c2cc3c(c(S(=O)(=O)Nc4ccsc4C(=O)NC(CCCN=C(N)N)C(=O)O)c2)OCC3)CC1. The van der Waals surface area contributed by atoms with Gasteiger partial charge in [0, 0.05) is 25.9 Å². The van der Waals surface area contributed by atoms with Crippen LogP contribution in [0.15, 0.2) is 57.7 Å². The van der Waals surface area contributed by atoms with Crippen molar-refractivity contribution in [1.82, 2.24) is 10.2 Å². The van der Waals surface area contributed by atoms with Crippen LogP contribution in [0.2, 0.25) is 0 Å². The van der Waals surface area contributed by atoms with Crippen LogP contribution in [0.25, 0.3) is 11.1 Å². The first kappa shape index (κ1) is 36.6. The van der Waals surface area contributed by atoms with E-state index in [1.54, 1.807) is 11.4 Å². The summed E-state index contributed by atoms with van der Waals surface area (Å²) in [5, 5.41) is 13.7. The van der Waals surface area contributed by atoms with Crippen molar-refractivity contribution in [3.05, 3.63) is 63.8 Å². The van der Waals surface area contributed by atoms with Crippen LogP contribution in [0, 0.1) is 5.92 Å². The molecular formula is C34H42N6O8S2. The van der Waals surface area contributed by atoms with Crippen molar-refractivity contribution < 1.29 is 37.4 Å². The maximum absolute atomic E-state index is 14.0. The molecule has 2 aliphatic heterocycles. The number of carbonyl (C=O) groups is 3. The first-order valence-corrected chi connectivity index (χ1v) is 18.7. The Morgan fingerprint density at radius 2 is 1.92 bits per heavy atom. The van der Waals surface area contributed by atoms with Crippen LogP contribution in [0.1, 0.15) is 52.9 Å². The number of piperidine rings is 1. The molecule has 1 amide bonds. The number of thiophene rings is 1. The maximum atomic E-state index is 14.0. The number of sulfonamides is 1. The second kappa shape index (κ2) is 16.4. The Hall–Kier alpha value is -4.67. The number of benzene rings is 2. The number of guanidine groups is 1. The van der Waals surface area contributed by atoms with Gasteiger partial charge in [0.25, 0.3) is 15.9 Å². The molecule has 0 bridgehead atoms. The fraction of sp³-hybridized carbons (Fsp3) is 0.412. The number of hydrogen-bond donors (Lipinski definition) is 5. The molecule has 7 N–H and O–H groups in total. The Labute approximate surface area is 294 Å². The number of ether oxygens (including phenoxy) is 2. The Balaban J connectivity index is 1.35. The van der Waals surface area contributed by atoms with E-state index in [0.29, 0.717) is 38.3 Å². The number of amides is 1. The van der Waals surface area contributed by atoms with E-state index < -0.39 is 27.9 Å². The molecule has 3 heterocycles. The second-order valence-corrected chi connectivity index (χ2v) is 14.9. The van der Waals surface area contributed by atoms with Crippen LogP contribution < -0.4 is 26.2 Å². The molecule has 5 rings (SSSR count). The summed E-state index contributed by atoms with van der Waals surface area (Å²) in [5.74, 6) is -1.72. The van der Waals surface area contributed by atoms with E-state index in [1.165, 1.54) is 13.2 Å². The average Bonchev–Trinajstić information content (AvgIpc) is 3.76. The number of carbonyl (C=O) groups excluding carboxylic acids is 2. The largest absolute Gasteiger partial charge is 0.492 e. The highest BCUT2D eigenvalue weighted by Gasteiger charge is 2.30. The monoisotopic (exact) mass is 726 g/mol. The molecule has 0 saturated carbocycles. The highest BCUT2D eigenvalue weighted by molar-refractivity contribution is 7.92. The summed E-state index contributed by atoms with van der Waals surface area (Å²) < 4.78 is 41.2. The zero-order valence-electron chi connectivity index (χ0n) is 27.7. The number of aliphatic carboxylic acids is 1. The number of anilines is 1. The third-order valence-corrected chi connectivity index (χ3v) is 11.1. The summed E-state index contributed by atoms with van der Waals surface area (Å²) in [6.45, 7) is 2.85. The van der Waals surface area contributed by atoms with Crippen LogP contribution in [0.5, 0.6) is 5.75 Å². The third kappa shape index (κ3) is 9.11. The number of carboxylic acid groups (broad SMARTS) is 1. The molecule has 2 aromatic carbocycles. The van der Waals surface area contributed by atoms with Gasteiger partial charge in [-0.15, -0.1) is 11.3 Å². The van der Waals surface area contributed by atoms with Gasteiger partial charge < -0.3 is 31.4 Å². The van der Waals surface area contributed by atoms with Crippen molar-refractivity contribution in [2.75, 3.05) is 38.1 Å². The Bertz CT molecular complexity index is 1850. The first-order valence-electron chi connectivity index (χ1n) is 16.3. The van der Waals surface area contributed by atoms with Gasteiger partial charge >= 0.3 is 11.9 Å². The number of nitrogens with one attached hydrogen (secondary N) is 2. The standard InChI is InChI=1S/C34H42N6O8S2/c1-47-29(41)17-21-8-13-40(14-9-21)20-23-5-2-3-6-25(23)24-18-22-10-15-48-30(22)28(19-24)50(45,46)39-26-11-16-49-31(26)32(42)38-27(33(43)44)7-4-12-37-34(35)36/h2-3,5-6,11,16,18-19,21,27,39H,4,7-10,12-15,17,20H2,1H3,(H,38,42)(H,43,44)(H4,35,36,37). The molecule has 0 spiro atoms. The van der Waals surface area contributed by atoms with E-state index in [9.17, 15) is 27.9 Å². The quantitative estimate of drug-likeness (QED) is 0.0664. The van der Waals surface area contributed by atoms with Gasteiger partial charge in [-0.3, -0.25) is 24.2 Å². The predicted octanol–water partition coefficient (Wildman–Crippen LogP) is 3.16. The molecule has 1 atom stereocenters. The lowest BCUT2D eigenvalue weighted by Gasteiger charge is -2.32. The molecule has 1 unspecified atom stereocenters.